The van der Waals surface area contributed by atoms with Crippen LogP contribution in [0.3, 0.4) is 0 Å². The van der Waals surface area contributed by atoms with Gasteiger partial charge in [-0.05, 0) is 12.8 Å². The fourth-order valence-corrected chi connectivity index (χ4v) is 0.510. The van der Waals surface area contributed by atoms with Crippen molar-refractivity contribution in [2.75, 3.05) is 13.2 Å². The molecule has 0 spiro atoms. The van der Waals surface area contributed by atoms with Gasteiger partial charge in [0.05, 0.1) is 0 Å². The second kappa shape index (κ2) is 6.09. The normalized spacial score (nSPS) is 18.3. The van der Waals surface area contributed by atoms with Crippen LogP contribution in [-0.2, 0) is 4.74 Å². The van der Waals surface area contributed by atoms with Crippen molar-refractivity contribution in [3.63, 3.8) is 0 Å². The van der Waals surface area contributed by atoms with E-state index in [-0.39, 0.29) is 0 Å². The van der Waals surface area contributed by atoms with E-state index < -0.39 is 0 Å². The molecule has 3 heteroatoms. The summed E-state index contributed by atoms with van der Waals surface area (Å²) in [5.41, 5.74) is 0. The summed E-state index contributed by atoms with van der Waals surface area (Å²) in [6.45, 7) is 2.00. The van der Waals surface area contributed by atoms with E-state index in [4.69, 9.17) is 4.74 Å². The zero-order chi connectivity index (χ0) is 5.54. The molecule has 0 bridgehead atoms. The maximum atomic E-state index is 4.94. The van der Waals surface area contributed by atoms with Crippen molar-refractivity contribution >= 4 is 14.4 Å². The van der Waals surface area contributed by atoms with E-state index in [9.17, 15) is 0 Å². The first-order valence-electron chi connectivity index (χ1n) is 2.41. The molecule has 0 amide bonds. The van der Waals surface area contributed by atoms with Crippen molar-refractivity contribution in [2.45, 2.75) is 12.8 Å². The van der Waals surface area contributed by atoms with Gasteiger partial charge in [-0.25, -0.2) is 0 Å². The van der Waals surface area contributed by atoms with Crippen LogP contribution >= 0.6 is 0 Å². The van der Waals surface area contributed by atoms with E-state index in [1.165, 1.54) is 12.8 Å². The molecule has 0 atom stereocenters. The Morgan fingerprint density at radius 1 is 1.00 bits per heavy atom. The fraction of sp³-hybridized carbons (Fsp3) is 1.00. The van der Waals surface area contributed by atoms with Gasteiger partial charge in [-0.3, -0.25) is 0 Å². The summed E-state index contributed by atoms with van der Waals surface area (Å²) < 4.78 is 4.94. The SMILES string of the molecule is B#B.C1CCOC1. The van der Waals surface area contributed by atoms with E-state index in [0.29, 0.717) is 0 Å². The molecule has 1 nitrogen and oxygen atoms in total. The van der Waals surface area contributed by atoms with E-state index in [0.717, 1.165) is 13.2 Å². The molecule has 1 aliphatic heterocycles. The number of hydrogen-bond acceptors (Lipinski definition) is 1. The Kier molecular flexibility index (Phi) is 6.17. The van der Waals surface area contributed by atoms with Gasteiger partial charge in [-0.1, -0.05) is 0 Å². The molecule has 0 aliphatic carbocycles. The molecule has 0 unspecified atom stereocenters. The molecular weight excluding hydrogens is 85.7 g/mol. The molecule has 0 aromatic rings. The maximum absolute atomic E-state index is 4.94. The largest absolute Gasteiger partial charge is 0.381 e. The van der Waals surface area contributed by atoms with E-state index in [1.807, 2.05) is 0 Å². The quantitative estimate of drug-likeness (QED) is 0.385. The summed E-state index contributed by atoms with van der Waals surface area (Å²) in [6, 6.07) is 0. The minimum atomic E-state index is 1.00. The molecule has 1 fully saturated rings. The smallest absolute Gasteiger partial charge is 0.0466 e. The molecule has 7 heavy (non-hydrogen) atoms. The van der Waals surface area contributed by atoms with Gasteiger partial charge in [-0.15, -0.1) is 0 Å². The Morgan fingerprint density at radius 2 is 1.43 bits per heavy atom. The molecule has 0 saturated carbocycles. The Bertz CT molecular complexity index is 41.3. The maximum Gasteiger partial charge on any atom is 0.0466 e. The average Bonchev–Trinajstić information content (AvgIpc) is 2.23. The van der Waals surface area contributed by atoms with Gasteiger partial charge >= 0.3 is 14.4 Å². The van der Waals surface area contributed by atoms with Crippen molar-refractivity contribution in [1.29, 1.82) is 0 Å². The van der Waals surface area contributed by atoms with Crippen LogP contribution in [0.1, 0.15) is 12.8 Å². The van der Waals surface area contributed by atoms with Crippen molar-refractivity contribution in [3.8, 4) is 0 Å². The molecule has 1 heterocycles. The van der Waals surface area contributed by atoms with Crippen LogP contribution < -0.4 is 0 Å². The van der Waals surface area contributed by atoms with Crippen LogP contribution in [0, 0.1) is 0 Å². The molecular formula is C4H8B2O. The number of rotatable bonds is 0. The van der Waals surface area contributed by atoms with Crippen molar-refractivity contribution in [1.82, 2.24) is 0 Å². The fourth-order valence-electron chi connectivity index (χ4n) is 0.510. The average molecular weight is 93.7 g/mol. The van der Waals surface area contributed by atoms with Crippen LogP contribution in [0.4, 0.5) is 0 Å². The molecule has 1 rings (SSSR count). The van der Waals surface area contributed by atoms with Crippen LogP contribution in [-0.4, -0.2) is 27.6 Å². The first kappa shape index (κ1) is 7.09. The zero-order valence-electron chi connectivity index (χ0n) is 4.39. The van der Waals surface area contributed by atoms with Crippen LogP contribution in [0.5, 0.6) is 0 Å². The molecule has 0 aromatic heterocycles. The van der Waals surface area contributed by atoms with Gasteiger partial charge < -0.3 is 4.74 Å². The summed E-state index contributed by atoms with van der Waals surface area (Å²) in [4.78, 5) is 0. The van der Waals surface area contributed by atoms with Gasteiger partial charge in [0.25, 0.3) is 0 Å². The van der Waals surface area contributed by atoms with Crippen molar-refractivity contribution in [2.24, 2.45) is 0 Å². The standard InChI is InChI=1S/C4H8O.B2/c1-2-4-5-3-1;1-2/h1-4H2;. The second-order valence-corrected chi connectivity index (χ2v) is 1.32. The third-order valence-corrected chi connectivity index (χ3v) is 0.827. The van der Waals surface area contributed by atoms with Crippen molar-refractivity contribution < 1.29 is 4.74 Å². The molecule has 0 aromatic carbocycles. The van der Waals surface area contributed by atoms with Gasteiger partial charge in [0.15, 0.2) is 0 Å². The Morgan fingerprint density at radius 3 is 1.57 bits per heavy atom. The minimum absolute atomic E-state index is 1.00. The van der Waals surface area contributed by atoms with E-state index >= 15 is 0 Å². The third-order valence-electron chi connectivity index (χ3n) is 0.827. The van der Waals surface area contributed by atoms with Crippen LogP contribution in [0.15, 0.2) is 0 Å². The van der Waals surface area contributed by atoms with E-state index in [1.54, 1.807) is 0 Å². The van der Waals surface area contributed by atoms with Gasteiger partial charge in [0, 0.05) is 13.2 Å². The molecule has 1 aliphatic rings. The Labute approximate surface area is 46.2 Å². The third kappa shape index (κ3) is 3.93. The zero-order valence-corrected chi connectivity index (χ0v) is 4.39. The van der Waals surface area contributed by atoms with Crippen molar-refractivity contribution in [3.05, 3.63) is 0 Å². The summed E-state index contributed by atoms with van der Waals surface area (Å²) in [5, 5.41) is 0. The first-order valence-corrected chi connectivity index (χ1v) is 2.41. The topological polar surface area (TPSA) is 9.23 Å². The van der Waals surface area contributed by atoms with Crippen LogP contribution in [0.2, 0.25) is 0 Å². The molecule has 0 radical (unpaired) electrons. The predicted molar refractivity (Wildman–Crippen MR) is 31.6 cm³/mol. The summed E-state index contributed by atoms with van der Waals surface area (Å²) in [6.07, 6.45) is 2.56. The Balaban J connectivity index is 0.000000162. The second-order valence-electron chi connectivity index (χ2n) is 1.32. The van der Waals surface area contributed by atoms with Gasteiger partial charge in [0.1, 0.15) is 0 Å². The Hall–Kier alpha value is 0.0899. The van der Waals surface area contributed by atoms with Gasteiger partial charge in [-0.2, -0.15) is 0 Å². The monoisotopic (exact) mass is 94.1 g/mol. The molecule has 0 N–H and O–H groups in total. The number of ether oxygens (including phenoxy) is 1. The van der Waals surface area contributed by atoms with Crippen LogP contribution in [0.25, 0.3) is 0 Å². The summed E-state index contributed by atoms with van der Waals surface area (Å²) in [7, 11) is 8.00. The first-order chi connectivity index (χ1) is 3.50. The predicted octanol–water partition coefficient (Wildman–Crippen LogP) is 0.0352. The summed E-state index contributed by atoms with van der Waals surface area (Å²) in [5.74, 6) is 0. The molecule has 36 valence electrons. The molecule has 1 saturated heterocycles. The van der Waals surface area contributed by atoms with E-state index in [2.05, 4.69) is 14.4 Å². The minimum Gasteiger partial charge on any atom is -0.381 e. The van der Waals surface area contributed by atoms with Gasteiger partial charge in [0.2, 0.25) is 0 Å². The number of hydrogen-bond donors (Lipinski definition) is 0. The summed E-state index contributed by atoms with van der Waals surface area (Å²) >= 11 is 0.